The van der Waals surface area contributed by atoms with E-state index < -0.39 is 29.0 Å². The van der Waals surface area contributed by atoms with Crippen molar-refractivity contribution in [2.24, 2.45) is 5.84 Å². The molecular weight excluding hydrogens is 353 g/mol. The maximum atomic E-state index is 13.5. The van der Waals surface area contributed by atoms with E-state index >= 15 is 0 Å². The molecule has 0 bridgehead atoms. The molecule has 4 N–H and O–H groups in total. The van der Waals surface area contributed by atoms with Crippen LogP contribution < -0.4 is 16.6 Å². The minimum atomic E-state index is -1.35. The molecule has 1 aromatic carbocycles. The number of nitrogen functional groups attached to an aromatic ring is 1. The first-order valence-electron chi connectivity index (χ1n) is 5.50. The van der Waals surface area contributed by atoms with Crippen molar-refractivity contribution in [1.29, 1.82) is 0 Å². The van der Waals surface area contributed by atoms with Crippen molar-refractivity contribution >= 4 is 33.3 Å². The summed E-state index contributed by atoms with van der Waals surface area (Å²) in [5, 5.41) is 2.12. The van der Waals surface area contributed by atoms with Crippen LogP contribution in [0.2, 0.25) is 0 Å². The van der Waals surface area contributed by atoms with Gasteiger partial charge in [-0.25, -0.2) is 24.0 Å². The second-order valence-corrected chi connectivity index (χ2v) is 4.81. The molecule has 2 rings (SSSR count). The molecule has 5 nitrogen and oxygen atoms in total. The van der Waals surface area contributed by atoms with Gasteiger partial charge in [-0.05, 0) is 22.0 Å². The van der Waals surface area contributed by atoms with Crippen molar-refractivity contribution in [3.63, 3.8) is 0 Å². The summed E-state index contributed by atoms with van der Waals surface area (Å²) in [5.74, 6) is 0.731. The van der Waals surface area contributed by atoms with Gasteiger partial charge >= 0.3 is 0 Å². The Bertz CT molecular complexity index is 711. The van der Waals surface area contributed by atoms with Crippen molar-refractivity contribution in [2.75, 3.05) is 10.7 Å². The molecule has 0 fully saturated rings. The van der Waals surface area contributed by atoms with Crippen LogP contribution in [0, 0.1) is 17.5 Å². The zero-order valence-electron chi connectivity index (χ0n) is 10.3. The van der Waals surface area contributed by atoms with Gasteiger partial charge in [0.05, 0.1) is 11.3 Å². The molecule has 1 amide bonds. The summed E-state index contributed by atoms with van der Waals surface area (Å²) >= 11 is 3.12. The lowest BCUT2D eigenvalue weighted by atomic mass is 10.2. The van der Waals surface area contributed by atoms with Crippen LogP contribution in [0.4, 0.5) is 24.7 Å². The molecule has 0 radical (unpaired) electrons. The number of carbonyl (C=O) groups excluding carboxylic acids is 1. The summed E-state index contributed by atoms with van der Waals surface area (Å²) in [6.07, 6.45) is 1.39. The first kappa shape index (κ1) is 15.3. The predicted molar refractivity (Wildman–Crippen MR) is 74.0 cm³/mol. The van der Waals surface area contributed by atoms with Gasteiger partial charge in [-0.15, -0.1) is 0 Å². The van der Waals surface area contributed by atoms with Crippen LogP contribution in [0.25, 0.3) is 0 Å². The average molecular weight is 361 g/mol. The maximum Gasteiger partial charge on any atom is 0.259 e. The molecule has 0 unspecified atom stereocenters. The van der Waals surface area contributed by atoms with E-state index in [1.165, 1.54) is 12.3 Å². The Morgan fingerprint density at radius 3 is 2.48 bits per heavy atom. The summed E-state index contributed by atoms with van der Waals surface area (Å²) in [6, 6.07) is 2.27. The summed E-state index contributed by atoms with van der Waals surface area (Å²) in [6.45, 7) is 0. The predicted octanol–water partition coefficient (Wildman–Crippen LogP) is 2.80. The Kier molecular flexibility index (Phi) is 4.43. The third-order valence-electron chi connectivity index (χ3n) is 2.49. The van der Waals surface area contributed by atoms with Gasteiger partial charge in [0.2, 0.25) is 0 Å². The third-order valence-corrected chi connectivity index (χ3v) is 2.93. The van der Waals surface area contributed by atoms with Gasteiger partial charge < -0.3 is 10.7 Å². The molecule has 0 saturated heterocycles. The minimum Gasteiger partial charge on any atom is -0.319 e. The summed E-state index contributed by atoms with van der Waals surface area (Å²) in [4.78, 5) is 15.9. The lowest BCUT2D eigenvalue weighted by Gasteiger charge is -2.10. The Labute approximate surface area is 125 Å². The number of anilines is 2. The van der Waals surface area contributed by atoms with E-state index in [0.29, 0.717) is 16.6 Å². The quantitative estimate of drug-likeness (QED) is 0.446. The SMILES string of the molecule is NNc1ncc(Br)cc1C(=O)Nc1cc(F)c(F)cc1F. The van der Waals surface area contributed by atoms with Crippen LogP contribution in [0.3, 0.4) is 0 Å². The van der Waals surface area contributed by atoms with E-state index in [-0.39, 0.29) is 11.4 Å². The molecule has 110 valence electrons. The van der Waals surface area contributed by atoms with E-state index in [1.807, 2.05) is 0 Å². The standard InChI is InChI=1S/C12H8BrF3N4O/c13-5-1-6(11(20-17)18-4-5)12(21)19-10-3-8(15)7(14)2-9(10)16/h1-4H,17H2,(H,18,20)(H,19,21). The highest BCUT2D eigenvalue weighted by atomic mass is 79.9. The average Bonchev–Trinajstić information content (AvgIpc) is 2.44. The van der Waals surface area contributed by atoms with E-state index in [9.17, 15) is 18.0 Å². The molecule has 2 aromatic rings. The monoisotopic (exact) mass is 360 g/mol. The number of benzene rings is 1. The highest BCUT2D eigenvalue weighted by Crippen LogP contribution is 2.22. The fraction of sp³-hybridized carbons (Fsp3) is 0. The lowest BCUT2D eigenvalue weighted by molar-refractivity contribution is 0.102. The summed E-state index contributed by atoms with van der Waals surface area (Å²) in [7, 11) is 0. The van der Waals surface area contributed by atoms with Gasteiger partial charge in [0, 0.05) is 22.8 Å². The third kappa shape index (κ3) is 3.31. The van der Waals surface area contributed by atoms with Gasteiger partial charge in [-0.3, -0.25) is 4.79 Å². The smallest absolute Gasteiger partial charge is 0.259 e. The molecule has 0 atom stereocenters. The molecule has 1 heterocycles. The molecule has 0 aliphatic rings. The highest BCUT2D eigenvalue weighted by molar-refractivity contribution is 9.10. The number of hydrogen-bond acceptors (Lipinski definition) is 4. The number of amides is 1. The number of hydrogen-bond donors (Lipinski definition) is 3. The molecule has 9 heteroatoms. The van der Waals surface area contributed by atoms with Crippen LogP contribution in [0.5, 0.6) is 0 Å². The number of nitrogens with zero attached hydrogens (tertiary/aromatic N) is 1. The number of aromatic nitrogens is 1. The molecule has 0 aliphatic carbocycles. The van der Waals surface area contributed by atoms with Crippen LogP contribution in [-0.2, 0) is 0 Å². The fourth-order valence-corrected chi connectivity index (χ4v) is 1.87. The first-order chi connectivity index (χ1) is 9.92. The van der Waals surface area contributed by atoms with Crippen LogP contribution >= 0.6 is 15.9 Å². The Hall–Kier alpha value is -2.13. The lowest BCUT2D eigenvalue weighted by Crippen LogP contribution is -2.19. The van der Waals surface area contributed by atoms with Crippen molar-refractivity contribution in [3.8, 4) is 0 Å². The van der Waals surface area contributed by atoms with Crippen LogP contribution in [0.15, 0.2) is 28.9 Å². The van der Waals surface area contributed by atoms with Crippen molar-refractivity contribution in [1.82, 2.24) is 4.98 Å². The van der Waals surface area contributed by atoms with Gasteiger partial charge in [0.15, 0.2) is 17.5 Å². The van der Waals surface area contributed by atoms with E-state index in [4.69, 9.17) is 5.84 Å². The minimum absolute atomic E-state index is 0.00370. The number of pyridine rings is 1. The largest absolute Gasteiger partial charge is 0.319 e. The second kappa shape index (κ2) is 6.10. The molecule has 0 aliphatic heterocycles. The van der Waals surface area contributed by atoms with E-state index in [0.717, 1.165) is 0 Å². The highest BCUT2D eigenvalue weighted by Gasteiger charge is 2.17. The number of halogens is 4. The van der Waals surface area contributed by atoms with Crippen molar-refractivity contribution < 1.29 is 18.0 Å². The Balaban J connectivity index is 2.34. The molecular formula is C12H8BrF3N4O. The fourth-order valence-electron chi connectivity index (χ4n) is 1.54. The summed E-state index contributed by atoms with van der Waals surface area (Å²) in [5.41, 5.74) is 1.70. The van der Waals surface area contributed by atoms with Gasteiger partial charge in [-0.1, -0.05) is 0 Å². The molecule has 0 spiro atoms. The van der Waals surface area contributed by atoms with E-state index in [1.54, 1.807) is 0 Å². The van der Waals surface area contributed by atoms with Crippen molar-refractivity contribution in [2.45, 2.75) is 0 Å². The number of nitrogens with one attached hydrogen (secondary N) is 2. The van der Waals surface area contributed by atoms with Gasteiger partial charge in [0.1, 0.15) is 5.82 Å². The molecule has 0 saturated carbocycles. The first-order valence-corrected chi connectivity index (χ1v) is 6.29. The zero-order chi connectivity index (χ0) is 15.6. The Morgan fingerprint density at radius 1 is 1.14 bits per heavy atom. The normalized spacial score (nSPS) is 10.3. The van der Waals surface area contributed by atoms with Gasteiger partial charge in [0.25, 0.3) is 5.91 Å². The van der Waals surface area contributed by atoms with Crippen LogP contribution in [0.1, 0.15) is 10.4 Å². The number of nitrogens with two attached hydrogens (primary N) is 1. The molecule has 1 aromatic heterocycles. The number of carbonyl (C=O) groups is 1. The number of rotatable bonds is 3. The summed E-state index contributed by atoms with van der Waals surface area (Å²) < 4.78 is 39.9. The zero-order valence-corrected chi connectivity index (χ0v) is 11.8. The number of hydrazine groups is 1. The Morgan fingerprint density at radius 2 is 1.81 bits per heavy atom. The van der Waals surface area contributed by atoms with Gasteiger partial charge in [-0.2, -0.15) is 0 Å². The van der Waals surface area contributed by atoms with Crippen molar-refractivity contribution in [3.05, 3.63) is 51.9 Å². The topological polar surface area (TPSA) is 80.0 Å². The van der Waals surface area contributed by atoms with Crippen LogP contribution in [-0.4, -0.2) is 10.9 Å². The second-order valence-electron chi connectivity index (χ2n) is 3.89. The van der Waals surface area contributed by atoms with E-state index in [2.05, 4.69) is 31.7 Å². The maximum absolute atomic E-state index is 13.5. The molecule has 21 heavy (non-hydrogen) atoms.